The number of carbonyl (C=O) groups excluding carboxylic acids is 1. The second-order valence-corrected chi connectivity index (χ2v) is 6.83. The molecule has 1 amide bonds. The smallest absolute Gasteiger partial charge is 0.255 e. The van der Waals surface area contributed by atoms with Gasteiger partial charge in [0.1, 0.15) is 0 Å². The number of H-pyrrole nitrogens is 1. The molecule has 0 spiro atoms. The molecule has 1 aliphatic heterocycles. The molecule has 0 bridgehead atoms. The van der Waals surface area contributed by atoms with Crippen molar-refractivity contribution in [3.8, 4) is 0 Å². The maximum atomic E-state index is 12.7. The van der Waals surface area contributed by atoms with Gasteiger partial charge in [0, 0.05) is 50.3 Å². The van der Waals surface area contributed by atoms with Gasteiger partial charge < -0.3 is 14.8 Å². The number of hydrogen-bond acceptors (Lipinski definition) is 4. The minimum absolute atomic E-state index is 0.00571. The van der Waals surface area contributed by atoms with Crippen LogP contribution in [0.1, 0.15) is 28.0 Å². The molecule has 1 aliphatic rings. The van der Waals surface area contributed by atoms with E-state index >= 15 is 0 Å². The Morgan fingerprint density at radius 2 is 2.24 bits per heavy atom. The quantitative estimate of drug-likeness (QED) is 0.899. The van der Waals surface area contributed by atoms with Crippen LogP contribution in [0.4, 0.5) is 0 Å². The lowest BCUT2D eigenvalue weighted by molar-refractivity contribution is 0.0783. The van der Waals surface area contributed by atoms with E-state index in [1.165, 1.54) is 11.6 Å². The molecule has 3 rings (SSSR count). The molecule has 6 heteroatoms. The average molecular weight is 340 g/mol. The van der Waals surface area contributed by atoms with E-state index in [1.54, 1.807) is 19.2 Å². The van der Waals surface area contributed by atoms with E-state index in [0.29, 0.717) is 17.2 Å². The first-order valence-electron chi connectivity index (χ1n) is 8.59. The number of nitrogens with zero attached hydrogens (tertiary/aromatic N) is 3. The van der Waals surface area contributed by atoms with Crippen molar-refractivity contribution in [1.29, 1.82) is 0 Å². The lowest BCUT2D eigenvalue weighted by Crippen LogP contribution is -2.32. The molecule has 0 aliphatic carbocycles. The summed E-state index contributed by atoms with van der Waals surface area (Å²) in [7, 11) is 2.10. The predicted octanol–water partition coefficient (Wildman–Crippen LogP) is 1.67. The summed E-state index contributed by atoms with van der Waals surface area (Å²) in [4.78, 5) is 35.0. The van der Waals surface area contributed by atoms with E-state index in [1.807, 2.05) is 17.2 Å². The van der Waals surface area contributed by atoms with Crippen LogP contribution in [-0.4, -0.2) is 52.4 Å². The lowest BCUT2D eigenvalue weighted by Gasteiger charge is -2.22. The minimum Gasteiger partial charge on any atom is -0.338 e. The van der Waals surface area contributed by atoms with Crippen molar-refractivity contribution in [2.75, 3.05) is 26.7 Å². The molecule has 132 valence electrons. The number of aromatic amines is 1. The Hall–Kier alpha value is -2.47. The van der Waals surface area contributed by atoms with Crippen LogP contribution in [-0.2, 0) is 6.54 Å². The van der Waals surface area contributed by atoms with Gasteiger partial charge in [-0.2, -0.15) is 0 Å². The molecule has 1 atom stereocenters. The number of aromatic nitrogens is 2. The van der Waals surface area contributed by atoms with Crippen molar-refractivity contribution in [3.63, 3.8) is 0 Å². The van der Waals surface area contributed by atoms with E-state index in [-0.39, 0.29) is 11.5 Å². The second-order valence-electron chi connectivity index (χ2n) is 6.83. The first-order chi connectivity index (χ1) is 12.0. The third kappa shape index (κ3) is 4.33. The molecular weight excluding hydrogens is 316 g/mol. The zero-order valence-electron chi connectivity index (χ0n) is 14.7. The Balaban J connectivity index is 1.56. The zero-order chi connectivity index (χ0) is 17.8. The Morgan fingerprint density at radius 3 is 2.96 bits per heavy atom. The summed E-state index contributed by atoms with van der Waals surface area (Å²) in [5, 5.41) is 0. The monoisotopic (exact) mass is 340 g/mol. The SMILES string of the molecule is Cc1[nH]c(=O)ccc1C(=O)N1CC[C@@H](CN(C)Cc2cccnc2)C1. The molecule has 3 heterocycles. The second kappa shape index (κ2) is 7.61. The highest BCUT2D eigenvalue weighted by Gasteiger charge is 2.28. The molecule has 1 N–H and O–H groups in total. The number of hydrogen-bond donors (Lipinski definition) is 1. The Labute approximate surface area is 147 Å². The molecule has 25 heavy (non-hydrogen) atoms. The van der Waals surface area contributed by atoms with Crippen molar-refractivity contribution in [1.82, 2.24) is 19.8 Å². The van der Waals surface area contributed by atoms with Gasteiger partial charge in [0.2, 0.25) is 5.56 Å². The van der Waals surface area contributed by atoms with Crippen molar-refractivity contribution >= 4 is 5.91 Å². The van der Waals surface area contributed by atoms with Crippen LogP contribution in [0.2, 0.25) is 0 Å². The number of carbonyl (C=O) groups is 1. The first-order valence-corrected chi connectivity index (χ1v) is 8.59. The highest BCUT2D eigenvalue weighted by molar-refractivity contribution is 5.95. The van der Waals surface area contributed by atoms with Crippen LogP contribution >= 0.6 is 0 Å². The molecule has 0 saturated carbocycles. The fourth-order valence-corrected chi connectivity index (χ4v) is 3.45. The van der Waals surface area contributed by atoms with Gasteiger partial charge in [-0.3, -0.25) is 14.6 Å². The van der Waals surface area contributed by atoms with Crippen LogP contribution in [0, 0.1) is 12.8 Å². The fraction of sp³-hybridized carbons (Fsp3) is 0.421. The number of amides is 1. The zero-order valence-corrected chi connectivity index (χ0v) is 14.7. The number of rotatable bonds is 5. The van der Waals surface area contributed by atoms with E-state index in [2.05, 4.69) is 28.0 Å². The van der Waals surface area contributed by atoms with E-state index in [4.69, 9.17) is 0 Å². The van der Waals surface area contributed by atoms with Gasteiger partial charge >= 0.3 is 0 Å². The van der Waals surface area contributed by atoms with Gasteiger partial charge in [-0.05, 0) is 44.0 Å². The average Bonchev–Trinajstić information content (AvgIpc) is 3.03. The van der Waals surface area contributed by atoms with Gasteiger partial charge in [-0.15, -0.1) is 0 Å². The van der Waals surface area contributed by atoms with Crippen molar-refractivity contribution in [3.05, 3.63) is 63.8 Å². The van der Waals surface area contributed by atoms with Crippen molar-refractivity contribution in [2.24, 2.45) is 5.92 Å². The summed E-state index contributed by atoms with van der Waals surface area (Å²) in [6.07, 6.45) is 4.67. The largest absolute Gasteiger partial charge is 0.338 e. The van der Waals surface area contributed by atoms with E-state index < -0.39 is 0 Å². The Kier molecular flexibility index (Phi) is 5.28. The summed E-state index contributed by atoms with van der Waals surface area (Å²) in [5.74, 6) is 0.472. The molecule has 0 unspecified atom stereocenters. The molecule has 6 nitrogen and oxygen atoms in total. The van der Waals surface area contributed by atoms with Crippen LogP contribution in [0.3, 0.4) is 0 Å². The van der Waals surface area contributed by atoms with Crippen molar-refractivity contribution in [2.45, 2.75) is 19.9 Å². The fourth-order valence-electron chi connectivity index (χ4n) is 3.45. The molecule has 2 aromatic heterocycles. The normalized spacial score (nSPS) is 17.2. The lowest BCUT2D eigenvalue weighted by atomic mass is 10.1. The molecule has 1 saturated heterocycles. The highest BCUT2D eigenvalue weighted by atomic mass is 16.2. The van der Waals surface area contributed by atoms with Crippen LogP contribution in [0.15, 0.2) is 41.5 Å². The number of pyridine rings is 2. The van der Waals surface area contributed by atoms with Crippen molar-refractivity contribution < 1.29 is 4.79 Å². The topological polar surface area (TPSA) is 69.3 Å². The molecule has 0 radical (unpaired) electrons. The van der Waals surface area contributed by atoms with Gasteiger partial charge in [-0.1, -0.05) is 6.07 Å². The Morgan fingerprint density at radius 1 is 1.40 bits per heavy atom. The summed E-state index contributed by atoms with van der Waals surface area (Å²) >= 11 is 0. The third-order valence-electron chi connectivity index (χ3n) is 4.66. The standard InChI is InChI=1S/C19H24N4O2/c1-14-17(5-6-18(24)21-14)19(25)23-9-7-16(13-23)12-22(2)11-15-4-3-8-20-10-15/h3-6,8,10,16H,7,9,11-13H2,1-2H3,(H,21,24)/t16-/m0/s1. The number of aryl methyl sites for hydroxylation is 1. The van der Waals surface area contributed by atoms with E-state index in [0.717, 1.165) is 32.6 Å². The van der Waals surface area contributed by atoms with Gasteiger partial charge in [0.05, 0.1) is 5.56 Å². The molecule has 2 aromatic rings. The van der Waals surface area contributed by atoms with Crippen LogP contribution < -0.4 is 5.56 Å². The third-order valence-corrected chi connectivity index (χ3v) is 4.66. The van der Waals surface area contributed by atoms with Gasteiger partial charge in [0.15, 0.2) is 0 Å². The molecule has 0 aromatic carbocycles. The van der Waals surface area contributed by atoms with Crippen LogP contribution in [0.25, 0.3) is 0 Å². The predicted molar refractivity (Wildman–Crippen MR) is 96.4 cm³/mol. The van der Waals surface area contributed by atoms with Crippen LogP contribution in [0.5, 0.6) is 0 Å². The maximum absolute atomic E-state index is 12.7. The summed E-state index contributed by atoms with van der Waals surface area (Å²) in [5.41, 5.74) is 2.24. The summed E-state index contributed by atoms with van der Waals surface area (Å²) in [6.45, 7) is 5.10. The first kappa shape index (κ1) is 17.4. The van der Waals surface area contributed by atoms with E-state index in [9.17, 15) is 9.59 Å². The highest BCUT2D eigenvalue weighted by Crippen LogP contribution is 2.20. The maximum Gasteiger partial charge on any atom is 0.255 e. The van der Waals surface area contributed by atoms with Gasteiger partial charge in [0.25, 0.3) is 5.91 Å². The van der Waals surface area contributed by atoms with Gasteiger partial charge in [-0.25, -0.2) is 0 Å². The summed E-state index contributed by atoms with van der Waals surface area (Å²) < 4.78 is 0. The molecular formula is C19H24N4O2. The molecule has 1 fully saturated rings. The summed E-state index contributed by atoms with van der Waals surface area (Å²) in [6, 6.07) is 7.06. The number of nitrogens with one attached hydrogen (secondary N) is 1. The minimum atomic E-state index is -0.176. The number of likely N-dealkylation sites (tertiary alicyclic amines) is 1. The Bertz CT molecular complexity index is 788.